The number of aromatic amines is 1. The summed E-state index contributed by atoms with van der Waals surface area (Å²) in [6.45, 7) is 6.22. The molecular weight excluding hydrogens is 214 g/mol. The first-order valence-corrected chi connectivity index (χ1v) is 5.42. The number of carbonyl (C=O) groups excluding carboxylic acids is 1. The van der Waals surface area contributed by atoms with Gasteiger partial charge < -0.3 is 10.7 Å². The molecule has 1 heterocycles. The highest BCUT2D eigenvalue weighted by Gasteiger charge is 2.10. The minimum atomic E-state index is -0.544. The van der Waals surface area contributed by atoms with Crippen molar-refractivity contribution in [1.29, 1.82) is 0 Å². The van der Waals surface area contributed by atoms with Gasteiger partial charge in [-0.25, -0.2) is 4.98 Å². The van der Waals surface area contributed by atoms with Crippen LogP contribution in [0.3, 0.4) is 0 Å². The summed E-state index contributed by atoms with van der Waals surface area (Å²) in [5.74, 6) is -0.352. The van der Waals surface area contributed by atoms with Gasteiger partial charge in [0.05, 0.1) is 11.9 Å². The summed E-state index contributed by atoms with van der Waals surface area (Å²) in [6.07, 6.45) is 1.64. The number of carbonyl (C=O) groups is 1. The van der Waals surface area contributed by atoms with E-state index in [2.05, 4.69) is 36.8 Å². The van der Waals surface area contributed by atoms with E-state index in [0.29, 0.717) is 0 Å². The maximum absolute atomic E-state index is 11.0. The number of primary amides is 1. The number of H-pyrrole nitrogens is 1. The van der Waals surface area contributed by atoms with Crippen LogP contribution in [0.1, 0.15) is 27.3 Å². The molecule has 4 heteroatoms. The molecule has 0 aliphatic carbocycles. The quantitative estimate of drug-likeness (QED) is 0.827. The van der Waals surface area contributed by atoms with Crippen molar-refractivity contribution in [3.05, 3.63) is 40.8 Å². The maximum Gasteiger partial charge on any atom is 0.284 e. The smallest absolute Gasteiger partial charge is 0.284 e. The van der Waals surface area contributed by atoms with Crippen molar-refractivity contribution < 1.29 is 4.79 Å². The van der Waals surface area contributed by atoms with Crippen molar-refractivity contribution in [3.8, 4) is 11.3 Å². The molecule has 0 fully saturated rings. The van der Waals surface area contributed by atoms with Gasteiger partial charge in [-0.3, -0.25) is 4.79 Å². The minimum Gasteiger partial charge on any atom is -0.363 e. The Kier molecular flexibility index (Phi) is 2.71. The summed E-state index contributed by atoms with van der Waals surface area (Å²) in [5.41, 5.74) is 10.7. The Morgan fingerprint density at radius 2 is 1.94 bits per heavy atom. The molecule has 2 rings (SSSR count). The lowest BCUT2D eigenvalue weighted by Gasteiger charge is -2.09. The number of hydrogen-bond acceptors (Lipinski definition) is 2. The van der Waals surface area contributed by atoms with E-state index in [1.54, 1.807) is 6.20 Å². The summed E-state index contributed by atoms with van der Waals surface area (Å²) in [6, 6.07) is 4.08. The van der Waals surface area contributed by atoms with E-state index in [0.717, 1.165) is 11.3 Å². The van der Waals surface area contributed by atoms with Gasteiger partial charge in [0.25, 0.3) is 5.91 Å². The molecule has 4 nitrogen and oxygen atoms in total. The number of imidazole rings is 1. The van der Waals surface area contributed by atoms with Crippen LogP contribution >= 0.6 is 0 Å². The Morgan fingerprint density at radius 1 is 1.24 bits per heavy atom. The average Bonchev–Trinajstić information content (AvgIpc) is 2.75. The van der Waals surface area contributed by atoms with Gasteiger partial charge in [-0.1, -0.05) is 12.1 Å². The van der Waals surface area contributed by atoms with Crippen LogP contribution in [-0.4, -0.2) is 15.9 Å². The van der Waals surface area contributed by atoms with Gasteiger partial charge >= 0.3 is 0 Å². The zero-order chi connectivity index (χ0) is 12.6. The fourth-order valence-electron chi connectivity index (χ4n) is 1.83. The van der Waals surface area contributed by atoms with Crippen molar-refractivity contribution in [2.75, 3.05) is 0 Å². The molecule has 17 heavy (non-hydrogen) atoms. The van der Waals surface area contributed by atoms with E-state index in [9.17, 15) is 4.79 Å². The molecule has 0 atom stereocenters. The second-order valence-electron chi connectivity index (χ2n) is 4.19. The molecule has 0 spiro atoms. The number of aryl methyl sites for hydroxylation is 1. The molecular formula is C13H15N3O. The molecule has 0 saturated heterocycles. The highest BCUT2D eigenvalue weighted by Crippen LogP contribution is 2.25. The van der Waals surface area contributed by atoms with Crippen LogP contribution in [0, 0.1) is 20.8 Å². The van der Waals surface area contributed by atoms with E-state index in [1.165, 1.54) is 16.7 Å². The lowest BCUT2D eigenvalue weighted by Crippen LogP contribution is -2.12. The summed E-state index contributed by atoms with van der Waals surface area (Å²) in [4.78, 5) is 17.9. The first-order valence-electron chi connectivity index (χ1n) is 5.42. The molecule has 1 amide bonds. The summed E-state index contributed by atoms with van der Waals surface area (Å²) < 4.78 is 0. The van der Waals surface area contributed by atoms with E-state index in [4.69, 9.17) is 5.73 Å². The Hall–Kier alpha value is -2.10. The van der Waals surface area contributed by atoms with Crippen LogP contribution in [-0.2, 0) is 0 Å². The number of aromatic nitrogens is 2. The van der Waals surface area contributed by atoms with Crippen LogP contribution in [0.15, 0.2) is 18.3 Å². The lowest BCUT2D eigenvalue weighted by molar-refractivity contribution is 0.0991. The second kappa shape index (κ2) is 4.05. The largest absolute Gasteiger partial charge is 0.363 e. The standard InChI is InChI=1S/C13H15N3O/c1-7-4-5-10(9(3)8(7)2)11-6-15-13(16-11)12(14)17/h4-6H,1-3H3,(H2,14,17)(H,15,16). The predicted molar refractivity (Wildman–Crippen MR) is 66.8 cm³/mol. The number of rotatable bonds is 2. The van der Waals surface area contributed by atoms with Crippen LogP contribution in [0.25, 0.3) is 11.3 Å². The van der Waals surface area contributed by atoms with E-state index < -0.39 is 5.91 Å². The molecule has 3 N–H and O–H groups in total. The molecule has 0 saturated carbocycles. The Labute approximate surface area is 99.9 Å². The van der Waals surface area contributed by atoms with E-state index in [-0.39, 0.29) is 5.82 Å². The van der Waals surface area contributed by atoms with Crippen LogP contribution in [0.4, 0.5) is 0 Å². The van der Waals surface area contributed by atoms with Gasteiger partial charge in [-0.05, 0) is 37.5 Å². The monoisotopic (exact) mass is 229 g/mol. The number of amides is 1. The number of hydrogen-bond donors (Lipinski definition) is 2. The Bertz CT molecular complexity index is 584. The van der Waals surface area contributed by atoms with Gasteiger partial charge in [0, 0.05) is 5.56 Å². The zero-order valence-corrected chi connectivity index (χ0v) is 10.2. The molecule has 0 radical (unpaired) electrons. The van der Waals surface area contributed by atoms with Crippen molar-refractivity contribution >= 4 is 5.91 Å². The van der Waals surface area contributed by atoms with Crippen molar-refractivity contribution in [1.82, 2.24) is 9.97 Å². The molecule has 88 valence electrons. The third-order valence-corrected chi connectivity index (χ3v) is 3.16. The first kappa shape index (κ1) is 11.4. The number of nitrogens with two attached hydrogens (primary N) is 1. The van der Waals surface area contributed by atoms with E-state index >= 15 is 0 Å². The molecule has 0 bridgehead atoms. The molecule has 2 aromatic rings. The Morgan fingerprint density at radius 3 is 2.53 bits per heavy atom. The van der Waals surface area contributed by atoms with E-state index in [1.807, 2.05) is 6.07 Å². The number of nitrogens with one attached hydrogen (secondary N) is 1. The van der Waals surface area contributed by atoms with Gasteiger partial charge in [-0.15, -0.1) is 0 Å². The van der Waals surface area contributed by atoms with Crippen LogP contribution in [0.2, 0.25) is 0 Å². The predicted octanol–water partition coefficient (Wildman–Crippen LogP) is 2.10. The van der Waals surface area contributed by atoms with Crippen molar-refractivity contribution in [3.63, 3.8) is 0 Å². The summed E-state index contributed by atoms with van der Waals surface area (Å²) >= 11 is 0. The van der Waals surface area contributed by atoms with Crippen LogP contribution in [0.5, 0.6) is 0 Å². The number of benzene rings is 1. The average molecular weight is 229 g/mol. The molecule has 0 unspecified atom stereocenters. The van der Waals surface area contributed by atoms with Gasteiger partial charge in [0.2, 0.25) is 0 Å². The molecule has 0 aliphatic heterocycles. The lowest BCUT2D eigenvalue weighted by atomic mass is 9.97. The molecule has 0 aliphatic rings. The maximum atomic E-state index is 11.0. The SMILES string of the molecule is Cc1ccc(-c2cnc(C(N)=O)[nH]2)c(C)c1C. The van der Waals surface area contributed by atoms with Gasteiger partial charge in [0.15, 0.2) is 5.82 Å². The normalized spacial score (nSPS) is 10.5. The third kappa shape index (κ3) is 1.93. The van der Waals surface area contributed by atoms with Crippen molar-refractivity contribution in [2.45, 2.75) is 20.8 Å². The van der Waals surface area contributed by atoms with Crippen LogP contribution < -0.4 is 5.73 Å². The third-order valence-electron chi connectivity index (χ3n) is 3.16. The highest BCUT2D eigenvalue weighted by molar-refractivity contribution is 5.89. The molecule has 1 aromatic carbocycles. The first-order chi connectivity index (χ1) is 8.00. The summed E-state index contributed by atoms with van der Waals surface area (Å²) in [5, 5.41) is 0. The topological polar surface area (TPSA) is 71.8 Å². The highest BCUT2D eigenvalue weighted by atomic mass is 16.1. The molecule has 1 aromatic heterocycles. The van der Waals surface area contributed by atoms with Crippen molar-refractivity contribution in [2.24, 2.45) is 5.73 Å². The fraction of sp³-hybridized carbons (Fsp3) is 0.231. The summed E-state index contributed by atoms with van der Waals surface area (Å²) in [7, 11) is 0. The zero-order valence-electron chi connectivity index (χ0n) is 10.2. The minimum absolute atomic E-state index is 0.192. The van der Waals surface area contributed by atoms with Gasteiger partial charge in [0.1, 0.15) is 0 Å². The number of nitrogens with zero attached hydrogens (tertiary/aromatic N) is 1. The fourth-order valence-corrected chi connectivity index (χ4v) is 1.83. The second-order valence-corrected chi connectivity index (χ2v) is 4.19. The Balaban J connectivity index is 2.53. The van der Waals surface area contributed by atoms with Gasteiger partial charge in [-0.2, -0.15) is 0 Å².